The Bertz CT molecular complexity index is 508. The highest BCUT2D eigenvalue weighted by atomic mass is 32.2. The molecule has 0 aliphatic carbocycles. The number of anilines is 2. The molecule has 18 heavy (non-hydrogen) atoms. The lowest BCUT2D eigenvalue weighted by Gasteiger charge is -2.19. The van der Waals surface area contributed by atoms with Gasteiger partial charge in [-0.15, -0.1) is 11.8 Å². The van der Waals surface area contributed by atoms with E-state index in [1.807, 2.05) is 18.2 Å². The number of thioether (sulfide) groups is 1. The van der Waals surface area contributed by atoms with E-state index < -0.39 is 0 Å². The Kier molecular flexibility index (Phi) is 4.15. The molecule has 2 aromatic rings. The van der Waals surface area contributed by atoms with Crippen LogP contribution in [0, 0.1) is 0 Å². The normalized spacial score (nSPS) is 10.3. The van der Waals surface area contributed by atoms with Crippen LogP contribution < -0.4 is 10.6 Å². The summed E-state index contributed by atoms with van der Waals surface area (Å²) >= 11 is 1.76. The van der Waals surface area contributed by atoms with Gasteiger partial charge in [-0.25, -0.2) is 0 Å². The van der Waals surface area contributed by atoms with Crippen LogP contribution >= 0.6 is 11.8 Å². The van der Waals surface area contributed by atoms with E-state index in [1.54, 1.807) is 11.8 Å². The van der Waals surface area contributed by atoms with E-state index >= 15 is 0 Å². The predicted molar refractivity (Wildman–Crippen MR) is 81.2 cm³/mol. The van der Waals surface area contributed by atoms with Crippen LogP contribution in [0.4, 0.5) is 11.4 Å². The Morgan fingerprint density at radius 3 is 2.44 bits per heavy atom. The molecule has 0 saturated heterocycles. The van der Waals surface area contributed by atoms with Crippen LogP contribution in [0.15, 0.2) is 53.4 Å². The standard InChI is InChI=1S/C15H18N2S/c1-17(11-12-4-3-5-13(16)10-12)14-6-8-15(18-2)9-7-14/h3-10H,11,16H2,1-2H3. The highest BCUT2D eigenvalue weighted by molar-refractivity contribution is 7.98. The highest BCUT2D eigenvalue weighted by Gasteiger charge is 2.02. The van der Waals surface area contributed by atoms with Crippen molar-refractivity contribution in [1.29, 1.82) is 0 Å². The Morgan fingerprint density at radius 2 is 1.83 bits per heavy atom. The van der Waals surface area contributed by atoms with Crippen molar-refractivity contribution in [3.05, 3.63) is 54.1 Å². The second kappa shape index (κ2) is 5.83. The second-order valence-corrected chi connectivity index (χ2v) is 5.18. The Hall–Kier alpha value is -1.61. The largest absolute Gasteiger partial charge is 0.399 e. The lowest BCUT2D eigenvalue weighted by atomic mass is 10.2. The molecule has 0 spiro atoms. The van der Waals surface area contributed by atoms with Gasteiger partial charge < -0.3 is 10.6 Å². The number of rotatable bonds is 4. The fourth-order valence-corrected chi connectivity index (χ4v) is 2.30. The fourth-order valence-electron chi connectivity index (χ4n) is 1.89. The minimum Gasteiger partial charge on any atom is -0.399 e. The van der Waals surface area contributed by atoms with Gasteiger partial charge in [-0.05, 0) is 48.2 Å². The lowest BCUT2D eigenvalue weighted by molar-refractivity contribution is 0.922. The number of nitrogens with zero attached hydrogens (tertiary/aromatic N) is 1. The Balaban J connectivity index is 2.09. The Morgan fingerprint density at radius 1 is 1.11 bits per heavy atom. The fraction of sp³-hybridized carbons (Fsp3) is 0.200. The van der Waals surface area contributed by atoms with Crippen molar-refractivity contribution in [2.45, 2.75) is 11.4 Å². The third kappa shape index (κ3) is 3.20. The first-order valence-corrected chi connectivity index (χ1v) is 7.11. The van der Waals surface area contributed by atoms with Crippen molar-refractivity contribution in [3.8, 4) is 0 Å². The quantitative estimate of drug-likeness (QED) is 0.671. The van der Waals surface area contributed by atoms with E-state index in [0.29, 0.717) is 0 Å². The maximum Gasteiger partial charge on any atom is 0.0426 e. The van der Waals surface area contributed by atoms with Gasteiger partial charge in [0.15, 0.2) is 0 Å². The monoisotopic (exact) mass is 258 g/mol. The Labute approximate surface area is 113 Å². The summed E-state index contributed by atoms with van der Waals surface area (Å²) in [5.74, 6) is 0. The SMILES string of the molecule is CSc1ccc(N(C)Cc2cccc(N)c2)cc1. The number of nitrogen functional groups attached to an aromatic ring is 1. The van der Waals surface area contributed by atoms with Gasteiger partial charge >= 0.3 is 0 Å². The molecule has 0 aliphatic rings. The summed E-state index contributed by atoms with van der Waals surface area (Å²) in [6, 6.07) is 16.6. The van der Waals surface area contributed by atoms with Gasteiger partial charge in [-0.3, -0.25) is 0 Å². The molecule has 0 unspecified atom stereocenters. The van der Waals surface area contributed by atoms with E-state index in [2.05, 4.69) is 48.5 Å². The molecule has 0 aliphatic heterocycles. The molecule has 0 bridgehead atoms. The zero-order valence-corrected chi connectivity index (χ0v) is 11.6. The van der Waals surface area contributed by atoms with Crippen LogP contribution in [0.3, 0.4) is 0 Å². The molecule has 0 fully saturated rings. The van der Waals surface area contributed by atoms with Gasteiger partial charge in [-0.1, -0.05) is 12.1 Å². The molecule has 2 N–H and O–H groups in total. The number of benzene rings is 2. The maximum atomic E-state index is 5.79. The number of hydrogen-bond donors (Lipinski definition) is 1. The first kappa shape index (κ1) is 12.8. The minimum absolute atomic E-state index is 0.818. The van der Waals surface area contributed by atoms with E-state index in [0.717, 1.165) is 12.2 Å². The summed E-state index contributed by atoms with van der Waals surface area (Å²) in [4.78, 5) is 3.51. The topological polar surface area (TPSA) is 29.3 Å². The van der Waals surface area contributed by atoms with E-state index in [4.69, 9.17) is 5.73 Å². The molecular formula is C15H18N2S. The van der Waals surface area contributed by atoms with E-state index in [9.17, 15) is 0 Å². The average Bonchev–Trinajstić information content (AvgIpc) is 2.39. The smallest absolute Gasteiger partial charge is 0.0426 e. The van der Waals surface area contributed by atoms with Gasteiger partial charge in [0.25, 0.3) is 0 Å². The van der Waals surface area contributed by atoms with Gasteiger partial charge in [0.05, 0.1) is 0 Å². The molecule has 94 valence electrons. The van der Waals surface area contributed by atoms with Crippen LogP contribution in [0.25, 0.3) is 0 Å². The molecule has 2 rings (SSSR count). The molecule has 0 heterocycles. The molecule has 0 radical (unpaired) electrons. The van der Waals surface area contributed by atoms with Gasteiger partial charge in [0, 0.05) is 29.9 Å². The van der Waals surface area contributed by atoms with E-state index in [1.165, 1.54) is 16.1 Å². The van der Waals surface area contributed by atoms with Crippen LogP contribution in [-0.2, 0) is 6.54 Å². The van der Waals surface area contributed by atoms with Gasteiger partial charge in [0.1, 0.15) is 0 Å². The lowest BCUT2D eigenvalue weighted by Crippen LogP contribution is -2.16. The molecule has 3 heteroatoms. The number of nitrogens with two attached hydrogens (primary N) is 1. The molecular weight excluding hydrogens is 240 g/mol. The summed E-state index contributed by atoms with van der Waals surface area (Å²) in [5.41, 5.74) is 9.05. The van der Waals surface area contributed by atoms with Crippen molar-refractivity contribution in [2.75, 3.05) is 23.9 Å². The second-order valence-electron chi connectivity index (χ2n) is 4.30. The molecule has 2 aromatic carbocycles. The summed E-state index contributed by atoms with van der Waals surface area (Å²) in [6.07, 6.45) is 2.09. The predicted octanol–water partition coefficient (Wildman–Crippen LogP) is 3.63. The van der Waals surface area contributed by atoms with Crippen molar-refractivity contribution in [3.63, 3.8) is 0 Å². The summed E-state index contributed by atoms with van der Waals surface area (Å²) < 4.78 is 0. The van der Waals surface area contributed by atoms with Gasteiger partial charge in [-0.2, -0.15) is 0 Å². The maximum absolute atomic E-state index is 5.79. The van der Waals surface area contributed by atoms with Crippen LogP contribution in [0.5, 0.6) is 0 Å². The molecule has 0 amide bonds. The van der Waals surface area contributed by atoms with Crippen LogP contribution in [0.2, 0.25) is 0 Å². The van der Waals surface area contributed by atoms with Crippen LogP contribution in [-0.4, -0.2) is 13.3 Å². The number of hydrogen-bond acceptors (Lipinski definition) is 3. The molecule has 0 saturated carbocycles. The first-order chi connectivity index (χ1) is 8.69. The van der Waals surface area contributed by atoms with Crippen molar-refractivity contribution < 1.29 is 0 Å². The first-order valence-electron chi connectivity index (χ1n) is 5.88. The van der Waals surface area contributed by atoms with E-state index in [-0.39, 0.29) is 0 Å². The minimum atomic E-state index is 0.818. The molecule has 0 atom stereocenters. The average molecular weight is 258 g/mol. The third-order valence-corrected chi connectivity index (χ3v) is 3.63. The van der Waals surface area contributed by atoms with Crippen molar-refractivity contribution in [2.24, 2.45) is 0 Å². The van der Waals surface area contributed by atoms with Crippen molar-refractivity contribution >= 4 is 23.1 Å². The highest BCUT2D eigenvalue weighted by Crippen LogP contribution is 2.21. The van der Waals surface area contributed by atoms with Crippen LogP contribution in [0.1, 0.15) is 5.56 Å². The molecule has 2 nitrogen and oxygen atoms in total. The summed E-state index contributed by atoms with van der Waals surface area (Å²) in [5, 5.41) is 0. The van der Waals surface area contributed by atoms with Crippen molar-refractivity contribution in [1.82, 2.24) is 0 Å². The third-order valence-electron chi connectivity index (χ3n) is 2.88. The zero-order chi connectivity index (χ0) is 13.0. The summed E-state index contributed by atoms with van der Waals surface area (Å²) in [7, 11) is 2.09. The van der Waals surface area contributed by atoms with Gasteiger partial charge in [0.2, 0.25) is 0 Å². The summed E-state index contributed by atoms with van der Waals surface area (Å²) in [6.45, 7) is 0.865. The molecule has 0 aromatic heterocycles. The zero-order valence-electron chi connectivity index (χ0n) is 10.8.